The Bertz CT molecular complexity index is 771. The van der Waals surface area contributed by atoms with Crippen molar-refractivity contribution in [3.63, 3.8) is 0 Å². The van der Waals surface area contributed by atoms with Crippen LogP contribution in [0, 0.1) is 17.1 Å². The third-order valence-corrected chi connectivity index (χ3v) is 3.72. The second kappa shape index (κ2) is 9.39. The lowest BCUT2D eigenvalue weighted by Gasteiger charge is -2.04. The standard InChI is InChI=1S/C21H20FNO2/c1-2-3-4-5-16-6-8-17(9-7-16)14-18(15-23)21(24)25-20-12-10-19(22)11-13-20/h6-14H,2-5H2,1H3. The number of halogens is 1. The zero-order valence-electron chi connectivity index (χ0n) is 14.2. The maximum atomic E-state index is 12.9. The average Bonchev–Trinajstić information content (AvgIpc) is 2.63. The van der Waals surface area contributed by atoms with Crippen LogP contribution in [-0.2, 0) is 11.2 Å². The second-order valence-corrected chi connectivity index (χ2v) is 5.71. The summed E-state index contributed by atoms with van der Waals surface area (Å²) in [6, 6.07) is 14.7. The first-order valence-corrected chi connectivity index (χ1v) is 8.31. The van der Waals surface area contributed by atoms with E-state index in [0.29, 0.717) is 0 Å². The van der Waals surface area contributed by atoms with E-state index in [2.05, 4.69) is 6.92 Å². The number of ether oxygens (including phenoxy) is 1. The Hall–Kier alpha value is -2.93. The molecule has 3 nitrogen and oxygen atoms in total. The van der Waals surface area contributed by atoms with E-state index in [9.17, 15) is 14.4 Å². The largest absolute Gasteiger partial charge is 0.422 e. The Morgan fingerprint density at radius 1 is 1.12 bits per heavy atom. The van der Waals surface area contributed by atoms with Crippen LogP contribution in [0.4, 0.5) is 4.39 Å². The molecule has 0 spiro atoms. The first-order valence-electron chi connectivity index (χ1n) is 8.31. The van der Waals surface area contributed by atoms with Crippen LogP contribution in [0.25, 0.3) is 6.08 Å². The van der Waals surface area contributed by atoms with Crippen molar-refractivity contribution in [1.82, 2.24) is 0 Å². The number of benzene rings is 2. The molecule has 0 N–H and O–H groups in total. The number of esters is 1. The van der Waals surface area contributed by atoms with Gasteiger partial charge in [-0.2, -0.15) is 5.26 Å². The van der Waals surface area contributed by atoms with Gasteiger partial charge in [0.1, 0.15) is 23.2 Å². The molecular formula is C21H20FNO2. The average molecular weight is 337 g/mol. The molecule has 0 saturated heterocycles. The smallest absolute Gasteiger partial charge is 0.354 e. The van der Waals surface area contributed by atoms with Gasteiger partial charge in [-0.05, 0) is 54.3 Å². The number of aryl methyl sites for hydroxylation is 1. The summed E-state index contributed by atoms with van der Waals surface area (Å²) in [6.45, 7) is 2.17. The maximum absolute atomic E-state index is 12.9. The summed E-state index contributed by atoms with van der Waals surface area (Å²) < 4.78 is 17.9. The fraction of sp³-hybridized carbons (Fsp3) is 0.238. The highest BCUT2D eigenvalue weighted by molar-refractivity contribution is 5.99. The second-order valence-electron chi connectivity index (χ2n) is 5.71. The molecule has 0 amide bonds. The predicted molar refractivity (Wildman–Crippen MR) is 95.3 cm³/mol. The number of hydrogen-bond donors (Lipinski definition) is 0. The predicted octanol–water partition coefficient (Wildman–Crippen LogP) is 5.07. The fourth-order valence-corrected chi connectivity index (χ4v) is 2.33. The van der Waals surface area contributed by atoms with Crippen molar-refractivity contribution in [1.29, 1.82) is 5.26 Å². The molecule has 0 unspecified atom stereocenters. The minimum Gasteiger partial charge on any atom is -0.422 e. The van der Waals surface area contributed by atoms with Gasteiger partial charge < -0.3 is 4.74 Å². The van der Waals surface area contributed by atoms with E-state index in [1.165, 1.54) is 48.7 Å². The SMILES string of the molecule is CCCCCc1ccc(C=C(C#N)C(=O)Oc2ccc(F)cc2)cc1. The van der Waals surface area contributed by atoms with Gasteiger partial charge in [-0.3, -0.25) is 0 Å². The molecule has 0 heterocycles. The quantitative estimate of drug-likeness (QED) is 0.233. The molecular weight excluding hydrogens is 317 g/mol. The van der Waals surface area contributed by atoms with E-state index in [1.807, 2.05) is 30.3 Å². The molecule has 0 aromatic heterocycles. The fourth-order valence-electron chi connectivity index (χ4n) is 2.33. The van der Waals surface area contributed by atoms with Gasteiger partial charge in [-0.15, -0.1) is 0 Å². The Labute approximate surface area is 147 Å². The number of nitriles is 1. The summed E-state index contributed by atoms with van der Waals surface area (Å²) in [6.07, 6.45) is 6.05. The number of carbonyl (C=O) groups is 1. The van der Waals surface area contributed by atoms with Crippen LogP contribution in [-0.4, -0.2) is 5.97 Å². The number of rotatable bonds is 7. The molecule has 0 atom stereocenters. The van der Waals surface area contributed by atoms with Gasteiger partial charge in [-0.1, -0.05) is 44.0 Å². The van der Waals surface area contributed by atoms with Crippen LogP contribution in [0.1, 0.15) is 37.3 Å². The van der Waals surface area contributed by atoms with E-state index in [1.54, 1.807) is 0 Å². The molecule has 0 saturated carbocycles. The molecule has 0 fully saturated rings. The monoisotopic (exact) mass is 337 g/mol. The molecule has 2 rings (SSSR count). The van der Waals surface area contributed by atoms with Crippen molar-refractivity contribution in [3.05, 3.63) is 71.0 Å². The highest BCUT2D eigenvalue weighted by Crippen LogP contribution is 2.15. The van der Waals surface area contributed by atoms with E-state index in [4.69, 9.17) is 4.74 Å². The molecule has 0 aliphatic heterocycles. The molecule has 0 bridgehead atoms. The Morgan fingerprint density at radius 2 is 1.80 bits per heavy atom. The maximum Gasteiger partial charge on any atom is 0.354 e. The van der Waals surface area contributed by atoms with Crippen molar-refractivity contribution < 1.29 is 13.9 Å². The highest BCUT2D eigenvalue weighted by Gasteiger charge is 2.12. The lowest BCUT2D eigenvalue weighted by molar-refractivity contribution is -0.129. The van der Waals surface area contributed by atoms with E-state index in [0.717, 1.165) is 18.4 Å². The molecule has 2 aromatic carbocycles. The van der Waals surface area contributed by atoms with E-state index in [-0.39, 0.29) is 11.3 Å². The third kappa shape index (κ3) is 5.89. The zero-order chi connectivity index (χ0) is 18.1. The summed E-state index contributed by atoms with van der Waals surface area (Å²) in [7, 11) is 0. The van der Waals surface area contributed by atoms with Crippen molar-refractivity contribution in [3.8, 4) is 11.8 Å². The summed E-state index contributed by atoms with van der Waals surface area (Å²) >= 11 is 0. The summed E-state index contributed by atoms with van der Waals surface area (Å²) in [5, 5.41) is 9.20. The molecule has 0 aliphatic carbocycles. The molecule has 4 heteroatoms. The van der Waals surface area contributed by atoms with E-state index >= 15 is 0 Å². The summed E-state index contributed by atoms with van der Waals surface area (Å²) in [5.41, 5.74) is 1.88. The Kier molecular flexibility index (Phi) is 6.91. The van der Waals surface area contributed by atoms with Crippen molar-refractivity contribution >= 4 is 12.0 Å². The van der Waals surface area contributed by atoms with Crippen LogP contribution in [0.15, 0.2) is 54.1 Å². The number of carbonyl (C=O) groups excluding carboxylic acids is 1. The minimum atomic E-state index is -0.763. The van der Waals surface area contributed by atoms with Gasteiger partial charge in [-0.25, -0.2) is 9.18 Å². The van der Waals surface area contributed by atoms with Crippen molar-refractivity contribution in [2.75, 3.05) is 0 Å². The highest BCUT2D eigenvalue weighted by atomic mass is 19.1. The Morgan fingerprint density at radius 3 is 2.40 bits per heavy atom. The molecule has 25 heavy (non-hydrogen) atoms. The van der Waals surface area contributed by atoms with Gasteiger partial charge in [0.15, 0.2) is 0 Å². The summed E-state index contributed by atoms with van der Waals surface area (Å²) in [4.78, 5) is 12.1. The zero-order valence-corrected chi connectivity index (χ0v) is 14.2. The van der Waals surface area contributed by atoms with Crippen LogP contribution >= 0.6 is 0 Å². The number of unbranched alkanes of at least 4 members (excludes halogenated alkanes) is 2. The number of nitrogens with zero attached hydrogens (tertiary/aromatic N) is 1. The van der Waals surface area contributed by atoms with Crippen molar-refractivity contribution in [2.24, 2.45) is 0 Å². The number of hydrogen-bond acceptors (Lipinski definition) is 3. The molecule has 2 aromatic rings. The molecule has 0 radical (unpaired) electrons. The van der Waals surface area contributed by atoms with Crippen molar-refractivity contribution in [2.45, 2.75) is 32.6 Å². The van der Waals surface area contributed by atoms with Gasteiger partial charge in [0.05, 0.1) is 0 Å². The first-order chi connectivity index (χ1) is 12.1. The molecule has 0 aliphatic rings. The van der Waals surface area contributed by atoms with Gasteiger partial charge in [0, 0.05) is 0 Å². The van der Waals surface area contributed by atoms with Gasteiger partial charge in [0.25, 0.3) is 0 Å². The first kappa shape index (κ1) is 18.4. The van der Waals surface area contributed by atoms with Crippen LogP contribution in [0.2, 0.25) is 0 Å². The normalized spacial score (nSPS) is 11.0. The topological polar surface area (TPSA) is 50.1 Å². The lowest BCUT2D eigenvalue weighted by Crippen LogP contribution is -2.10. The van der Waals surface area contributed by atoms with Crippen LogP contribution < -0.4 is 4.74 Å². The lowest BCUT2D eigenvalue weighted by atomic mass is 10.0. The minimum absolute atomic E-state index is 0.108. The van der Waals surface area contributed by atoms with Gasteiger partial charge >= 0.3 is 5.97 Å². The van der Waals surface area contributed by atoms with E-state index < -0.39 is 11.8 Å². The Balaban J connectivity index is 2.04. The van der Waals surface area contributed by atoms with Crippen LogP contribution in [0.3, 0.4) is 0 Å². The van der Waals surface area contributed by atoms with Crippen LogP contribution in [0.5, 0.6) is 5.75 Å². The third-order valence-electron chi connectivity index (χ3n) is 3.72. The summed E-state index contributed by atoms with van der Waals surface area (Å²) in [5.74, 6) is -0.991. The molecule has 128 valence electrons. The van der Waals surface area contributed by atoms with Gasteiger partial charge in [0.2, 0.25) is 0 Å².